The van der Waals surface area contributed by atoms with Gasteiger partial charge < -0.3 is 10.4 Å². The second-order valence-corrected chi connectivity index (χ2v) is 7.99. The lowest BCUT2D eigenvalue weighted by atomic mass is 10.2. The number of nitrogens with one attached hydrogen (secondary N) is 1. The van der Waals surface area contributed by atoms with Gasteiger partial charge in [0.2, 0.25) is 5.91 Å². The second kappa shape index (κ2) is 8.10. The summed E-state index contributed by atoms with van der Waals surface area (Å²) in [6.45, 7) is 1.42. The van der Waals surface area contributed by atoms with Crippen molar-refractivity contribution in [1.29, 1.82) is 0 Å². The number of aryl methyl sites for hydroxylation is 1. The highest BCUT2D eigenvalue weighted by molar-refractivity contribution is 7.92. The van der Waals surface area contributed by atoms with E-state index in [1.54, 1.807) is 30.5 Å². The molecule has 0 saturated carbocycles. The first-order chi connectivity index (χ1) is 13.4. The van der Waals surface area contributed by atoms with Crippen LogP contribution in [0.5, 0.6) is 5.75 Å². The van der Waals surface area contributed by atoms with E-state index in [4.69, 9.17) is 0 Å². The molecule has 28 heavy (non-hydrogen) atoms. The first-order valence-corrected chi connectivity index (χ1v) is 9.88. The van der Waals surface area contributed by atoms with Crippen LogP contribution in [0.2, 0.25) is 0 Å². The molecule has 0 aliphatic heterocycles. The Hall–Kier alpha value is -3.39. The Morgan fingerprint density at radius 3 is 2.36 bits per heavy atom. The van der Waals surface area contributed by atoms with Crippen molar-refractivity contribution in [3.8, 4) is 5.75 Å². The van der Waals surface area contributed by atoms with Crippen LogP contribution in [-0.2, 0) is 14.8 Å². The number of nitrogens with zero attached hydrogens (tertiary/aromatic N) is 2. The van der Waals surface area contributed by atoms with Gasteiger partial charge in [0, 0.05) is 6.20 Å². The van der Waals surface area contributed by atoms with Crippen molar-refractivity contribution in [2.24, 2.45) is 0 Å². The summed E-state index contributed by atoms with van der Waals surface area (Å²) in [5.41, 5.74) is 1.65. The van der Waals surface area contributed by atoms with Gasteiger partial charge in [-0.3, -0.25) is 14.1 Å². The van der Waals surface area contributed by atoms with E-state index in [1.165, 1.54) is 42.6 Å². The van der Waals surface area contributed by atoms with E-state index in [0.717, 1.165) is 9.87 Å². The summed E-state index contributed by atoms with van der Waals surface area (Å²) in [6.07, 6.45) is 3.04. The number of pyridine rings is 1. The molecule has 7 nitrogen and oxygen atoms in total. The van der Waals surface area contributed by atoms with E-state index < -0.39 is 22.5 Å². The lowest BCUT2D eigenvalue weighted by molar-refractivity contribution is -0.114. The van der Waals surface area contributed by atoms with E-state index in [1.807, 2.05) is 6.92 Å². The predicted molar refractivity (Wildman–Crippen MR) is 107 cm³/mol. The van der Waals surface area contributed by atoms with Crippen LogP contribution < -0.4 is 9.62 Å². The molecular weight excluding hydrogens is 378 g/mol. The number of phenolic OH excluding ortho intramolecular Hbond substituents is 1. The zero-order chi connectivity index (χ0) is 20.1. The van der Waals surface area contributed by atoms with E-state index in [-0.39, 0.29) is 16.3 Å². The summed E-state index contributed by atoms with van der Waals surface area (Å²) in [6, 6.07) is 15.3. The smallest absolute Gasteiger partial charge is 0.264 e. The monoisotopic (exact) mass is 397 g/mol. The highest BCUT2D eigenvalue weighted by Gasteiger charge is 2.27. The fourth-order valence-corrected chi connectivity index (χ4v) is 3.96. The van der Waals surface area contributed by atoms with Crippen molar-refractivity contribution < 1.29 is 18.3 Å². The molecule has 3 rings (SSSR count). The van der Waals surface area contributed by atoms with Crippen molar-refractivity contribution in [2.45, 2.75) is 11.8 Å². The van der Waals surface area contributed by atoms with Gasteiger partial charge in [-0.25, -0.2) is 8.42 Å². The number of phenols is 1. The molecule has 2 N–H and O–H groups in total. The van der Waals surface area contributed by atoms with Gasteiger partial charge in [0.25, 0.3) is 10.0 Å². The van der Waals surface area contributed by atoms with Crippen molar-refractivity contribution in [2.75, 3.05) is 16.2 Å². The maximum atomic E-state index is 13.2. The standard InChI is InChI=1S/C20H19N3O4S/c1-15-4-10-19(11-5-15)28(26,27)23(17-6-8-18(24)9-7-17)14-20(25)22-16-3-2-12-21-13-16/h2-13,24H,14H2,1H3,(H,22,25). The van der Waals surface area contributed by atoms with Crippen LogP contribution in [0.25, 0.3) is 0 Å². The Morgan fingerprint density at radius 2 is 1.75 bits per heavy atom. The molecule has 0 unspecified atom stereocenters. The van der Waals surface area contributed by atoms with E-state index in [9.17, 15) is 18.3 Å². The number of hydrogen-bond acceptors (Lipinski definition) is 5. The number of sulfonamides is 1. The SMILES string of the molecule is Cc1ccc(S(=O)(=O)N(CC(=O)Nc2cccnc2)c2ccc(O)cc2)cc1. The molecule has 0 aliphatic carbocycles. The highest BCUT2D eigenvalue weighted by atomic mass is 32.2. The Morgan fingerprint density at radius 1 is 1.07 bits per heavy atom. The molecule has 1 heterocycles. The number of aromatic nitrogens is 1. The quantitative estimate of drug-likeness (QED) is 0.666. The minimum Gasteiger partial charge on any atom is -0.508 e. The Kier molecular flexibility index (Phi) is 5.60. The molecule has 0 aliphatic rings. The molecule has 3 aromatic rings. The van der Waals surface area contributed by atoms with Gasteiger partial charge in [-0.05, 0) is 55.5 Å². The summed E-state index contributed by atoms with van der Waals surface area (Å²) < 4.78 is 27.4. The molecule has 0 fully saturated rings. The van der Waals surface area contributed by atoms with Gasteiger partial charge in [0.1, 0.15) is 12.3 Å². The predicted octanol–water partition coefficient (Wildman–Crippen LogP) is 2.93. The van der Waals surface area contributed by atoms with Gasteiger partial charge in [-0.1, -0.05) is 17.7 Å². The van der Waals surface area contributed by atoms with Gasteiger partial charge in [0.15, 0.2) is 0 Å². The highest BCUT2D eigenvalue weighted by Crippen LogP contribution is 2.25. The fraction of sp³-hybridized carbons (Fsp3) is 0.100. The maximum Gasteiger partial charge on any atom is 0.264 e. The van der Waals surface area contributed by atoms with Gasteiger partial charge in [-0.15, -0.1) is 0 Å². The number of amides is 1. The topological polar surface area (TPSA) is 99.6 Å². The molecule has 144 valence electrons. The number of hydrogen-bond donors (Lipinski definition) is 2. The lowest BCUT2D eigenvalue weighted by Gasteiger charge is -2.24. The maximum absolute atomic E-state index is 13.2. The van der Waals surface area contributed by atoms with E-state index in [2.05, 4.69) is 10.3 Å². The largest absolute Gasteiger partial charge is 0.508 e. The average Bonchev–Trinajstić information content (AvgIpc) is 2.68. The summed E-state index contributed by atoms with van der Waals surface area (Å²) in [4.78, 5) is 16.5. The number of benzene rings is 2. The van der Waals surface area contributed by atoms with Crippen LogP contribution in [0.4, 0.5) is 11.4 Å². The number of aromatic hydroxyl groups is 1. The number of rotatable bonds is 6. The zero-order valence-corrected chi connectivity index (χ0v) is 15.9. The molecule has 0 saturated heterocycles. The lowest BCUT2D eigenvalue weighted by Crippen LogP contribution is -2.38. The van der Waals surface area contributed by atoms with Crippen LogP contribution in [0.1, 0.15) is 5.56 Å². The fourth-order valence-electron chi connectivity index (χ4n) is 2.54. The third kappa shape index (κ3) is 4.47. The van der Waals surface area contributed by atoms with Crippen molar-refractivity contribution in [3.05, 3.63) is 78.6 Å². The van der Waals surface area contributed by atoms with Crippen LogP contribution >= 0.6 is 0 Å². The van der Waals surface area contributed by atoms with Crippen LogP contribution in [0.15, 0.2) is 78.0 Å². The van der Waals surface area contributed by atoms with E-state index >= 15 is 0 Å². The van der Waals surface area contributed by atoms with E-state index in [0.29, 0.717) is 5.69 Å². The second-order valence-electron chi connectivity index (χ2n) is 6.13. The first-order valence-electron chi connectivity index (χ1n) is 8.44. The van der Waals surface area contributed by atoms with Crippen molar-refractivity contribution in [3.63, 3.8) is 0 Å². The molecule has 2 aromatic carbocycles. The van der Waals surface area contributed by atoms with Gasteiger partial charge in [-0.2, -0.15) is 0 Å². The minimum atomic E-state index is -4.00. The molecule has 0 spiro atoms. The Balaban J connectivity index is 1.94. The third-order valence-electron chi connectivity index (χ3n) is 3.98. The summed E-state index contributed by atoms with van der Waals surface area (Å²) in [5.74, 6) is -0.520. The van der Waals surface area contributed by atoms with Crippen molar-refractivity contribution >= 4 is 27.3 Å². The summed E-state index contributed by atoms with van der Waals surface area (Å²) >= 11 is 0. The number of carbonyl (C=O) groups is 1. The van der Waals surface area contributed by atoms with Gasteiger partial charge in [0.05, 0.1) is 22.5 Å². The molecule has 0 atom stereocenters. The minimum absolute atomic E-state index is 0.00348. The molecule has 1 aromatic heterocycles. The van der Waals surface area contributed by atoms with Crippen LogP contribution in [-0.4, -0.2) is 31.0 Å². The van der Waals surface area contributed by atoms with Gasteiger partial charge >= 0.3 is 0 Å². The first kappa shape index (κ1) is 19.4. The van der Waals surface area contributed by atoms with Crippen LogP contribution in [0, 0.1) is 6.92 Å². The molecule has 1 amide bonds. The Bertz CT molecular complexity index is 1050. The molecule has 0 radical (unpaired) electrons. The molecule has 8 heteroatoms. The number of carbonyl (C=O) groups excluding carboxylic acids is 1. The summed E-state index contributed by atoms with van der Waals surface area (Å²) in [7, 11) is -4.00. The van der Waals surface area contributed by atoms with Crippen molar-refractivity contribution in [1.82, 2.24) is 4.98 Å². The summed E-state index contributed by atoms with van der Waals surface area (Å²) in [5, 5.41) is 12.1. The average molecular weight is 397 g/mol. The molecule has 0 bridgehead atoms. The Labute approximate surface area is 163 Å². The normalized spacial score (nSPS) is 11.0. The molecular formula is C20H19N3O4S. The van der Waals surface area contributed by atoms with Crippen LogP contribution in [0.3, 0.4) is 0 Å². The zero-order valence-electron chi connectivity index (χ0n) is 15.1. The number of anilines is 2. The third-order valence-corrected chi connectivity index (χ3v) is 5.77.